The zero-order valence-corrected chi connectivity index (χ0v) is 25.3. The van der Waals surface area contributed by atoms with Crippen LogP contribution in [0.15, 0.2) is 82.2 Å². The number of aryl methyl sites for hydroxylation is 2. The van der Waals surface area contributed by atoms with E-state index >= 15 is 0 Å². The number of nitrogens with zero attached hydrogens (tertiary/aromatic N) is 2. The molecule has 0 fully saturated rings. The first-order valence-corrected chi connectivity index (χ1v) is 15.2. The first-order valence-electron chi connectivity index (χ1n) is 13.0. The van der Waals surface area contributed by atoms with Gasteiger partial charge in [-0.25, -0.2) is 8.42 Å². The normalized spacial score (nSPS) is 12.0. The lowest BCUT2D eigenvalue weighted by Crippen LogP contribution is -2.51. The van der Waals surface area contributed by atoms with Crippen molar-refractivity contribution in [3.63, 3.8) is 0 Å². The third kappa shape index (κ3) is 8.16. The minimum Gasteiger partial charge on any atom is -0.354 e. The molecule has 1 atom stereocenters. The lowest BCUT2D eigenvalue weighted by molar-refractivity contribution is -0.139. The average Bonchev–Trinajstić information content (AvgIpc) is 2.91. The molecule has 39 heavy (non-hydrogen) atoms. The summed E-state index contributed by atoms with van der Waals surface area (Å²) in [6.45, 7) is 7.66. The lowest BCUT2D eigenvalue weighted by Gasteiger charge is -2.32. The predicted molar refractivity (Wildman–Crippen MR) is 159 cm³/mol. The molecule has 9 heteroatoms. The zero-order valence-electron chi connectivity index (χ0n) is 22.9. The van der Waals surface area contributed by atoms with Crippen LogP contribution in [0.3, 0.4) is 0 Å². The van der Waals surface area contributed by atoms with Crippen LogP contribution in [0.4, 0.5) is 5.69 Å². The van der Waals surface area contributed by atoms with Gasteiger partial charge in [0.15, 0.2) is 0 Å². The van der Waals surface area contributed by atoms with Gasteiger partial charge in [0.05, 0.1) is 10.6 Å². The van der Waals surface area contributed by atoms with Crippen molar-refractivity contribution in [1.82, 2.24) is 10.2 Å². The van der Waals surface area contributed by atoms with Crippen LogP contribution in [0.2, 0.25) is 0 Å². The van der Waals surface area contributed by atoms with E-state index in [-0.39, 0.29) is 17.3 Å². The highest BCUT2D eigenvalue weighted by Crippen LogP contribution is 2.26. The van der Waals surface area contributed by atoms with E-state index in [0.717, 1.165) is 38.3 Å². The largest absolute Gasteiger partial charge is 0.354 e. The molecule has 3 aromatic carbocycles. The van der Waals surface area contributed by atoms with Crippen LogP contribution in [0.1, 0.15) is 43.4 Å². The number of benzene rings is 3. The number of hydrogen-bond acceptors (Lipinski definition) is 4. The van der Waals surface area contributed by atoms with E-state index in [0.29, 0.717) is 12.2 Å². The molecule has 0 heterocycles. The molecule has 0 saturated heterocycles. The van der Waals surface area contributed by atoms with E-state index < -0.39 is 28.5 Å². The number of carbonyl (C=O) groups excluding carboxylic acids is 2. The van der Waals surface area contributed by atoms with E-state index in [2.05, 4.69) is 21.2 Å². The molecular formula is C30H36BrN3O4S. The summed E-state index contributed by atoms with van der Waals surface area (Å²) in [5.74, 6) is -0.759. The highest BCUT2D eigenvalue weighted by Gasteiger charge is 2.32. The first kappa shape index (κ1) is 30.4. The Morgan fingerprint density at radius 2 is 1.62 bits per heavy atom. The Bertz CT molecular complexity index is 1380. The van der Waals surface area contributed by atoms with Gasteiger partial charge in [0.1, 0.15) is 12.6 Å². The third-order valence-electron chi connectivity index (χ3n) is 6.44. The summed E-state index contributed by atoms with van der Waals surface area (Å²) in [6, 6.07) is 20.2. The molecule has 208 valence electrons. The second kappa shape index (κ2) is 13.8. The number of hydrogen-bond donors (Lipinski definition) is 1. The summed E-state index contributed by atoms with van der Waals surface area (Å²) in [4.78, 5) is 28.5. The number of sulfonamides is 1. The van der Waals surface area contributed by atoms with Crippen molar-refractivity contribution >= 4 is 43.5 Å². The highest BCUT2D eigenvalue weighted by molar-refractivity contribution is 9.10. The number of rotatable bonds is 12. The fourth-order valence-electron chi connectivity index (χ4n) is 4.05. The Labute approximate surface area is 240 Å². The maximum absolute atomic E-state index is 13.9. The summed E-state index contributed by atoms with van der Waals surface area (Å²) >= 11 is 3.42. The molecule has 0 bridgehead atoms. The van der Waals surface area contributed by atoms with E-state index in [4.69, 9.17) is 0 Å². The second-order valence-electron chi connectivity index (χ2n) is 9.63. The quantitative estimate of drug-likeness (QED) is 0.270. The van der Waals surface area contributed by atoms with E-state index in [1.807, 2.05) is 51.1 Å². The smallest absolute Gasteiger partial charge is 0.264 e. The van der Waals surface area contributed by atoms with Crippen molar-refractivity contribution in [2.24, 2.45) is 0 Å². The second-order valence-corrected chi connectivity index (χ2v) is 12.4. The van der Waals surface area contributed by atoms with Gasteiger partial charge in [0, 0.05) is 17.6 Å². The monoisotopic (exact) mass is 613 g/mol. The lowest BCUT2D eigenvalue weighted by atomic mass is 10.1. The molecule has 3 rings (SSSR count). The van der Waals surface area contributed by atoms with E-state index in [9.17, 15) is 18.0 Å². The molecule has 0 aliphatic carbocycles. The number of nitrogens with one attached hydrogen (secondary N) is 1. The molecule has 2 amide bonds. The summed E-state index contributed by atoms with van der Waals surface area (Å²) < 4.78 is 29.7. The maximum atomic E-state index is 13.9. The molecular weight excluding hydrogens is 578 g/mol. The molecule has 0 aliphatic heterocycles. The fourth-order valence-corrected chi connectivity index (χ4v) is 5.72. The van der Waals surface area contributed by atoms with Crippen molar-refractivity contribution in [1.29, 1.82) is 0 Å². The van der Waals surface area contributed by atoms with Crippen LogP contribution in [0.5, 0.6) is 0 Å². The minimum absolute atomic E-state index is 0.0900. The summed E-state index contributed by atoms with van der Waals surface area (Å²) in [5.41, 5.74) is 2.99. The highest BCUT2D eigenvalue weighted by atomic mass is 79.9. The number of carbonyl (C=O) groups is 2. The van der Waals surface area contributed by atoms with Gasteiger partial charge in [-0.15, -0.1) is 0 Å². The first-order chi connectivity index (χ1) is 18.5. The Morgan fingerprint density at radius 3 is 2.23 bits per heavy atom. The Kier molecular flexibility index (Phi) is 10.7. The molecule has 1 N–H and O–H groups in total. The van der Waals surface area contributed by atoms with Gasteiger partial charge in [0.25, 0.3) is 10.0 Å². The minimum atomic E-state index is -4.08. The number of amides is 2. The van der Waals surface area contributed by atoms with Crippen LogP contribution in [-0.2, 0) is 26.2 Å². The van der Waals surface area contributed by atoms with E-state index in [1.54, 1.807) is 49.4 Å². The van der Waals surface area contributed by atoms with Crippen molar-refractivity contribution in [2.45, 2.75) is 58.0 Å². The predicted octanol–water partition coefficient (Wildman–Crippen LogP) is 5.59. The van der Waals surface area contributed by atoms with Crippen molar-refractivity contribution in [3.8, 4) is 0 Å². The van der Waals surface area contributed by atoms with Gasteiger partial charge in [-0.1, -0.05) is 71.2 Å². The van der Waals surface area contributed by atoms with Crippen LogP contribution in [0.25, 0.3) is 0 Å². The molecule has 0 saturated carbocycles. The molecule has 0 unspecified atom stereocenters. The maximum Gasteiger partial charge on any atom is 0.264 e. The van der Waals surface area contributed by atoms with Gasteiger partial charge < -0.3 is 10.2 Å². The van der Waals surface area contributed by atoms with Gasteiger partial charge in [-0.3, -0.25) is 13.9 Å². The topological polar surface area (TPSA) is 86.8 Å². The molecule has 3 aromatic rings. The van der Waals surface area contributed by atoms with Crippen molar-refractivity contribution < 1.29 is 18.0 Å². The Morgan fingerprint density at radius 1 is 0.949 bits per heavy atom. The van der Waals surface area contributed by atoms with Gasteiger partial charge in [-0.2, -0.15) is 0 Å². The molecule has 0 spiro atoms. The Hall–Kier alpha value is -3.17. The molecule has 7 nitrogen and oxygen atoms in total. The summed E-state index contributed by atoms with van der Waals surface area (Å²) in [5, 5.41) is 2.90. The summed E-state index contributed by atoms with van der Waals surface area (Å²) in [6.07, 6.45) is 1.76. The molecule has 0 radical (unpaired) electrons. The Balaban J connectivity index is 1.99. The van der Waals surface area contributed by atoms with Crippen molar-refractivity contribution in [2.75, 3.05) is 17.4 Å². The molecule has 0 aliphatic rings. The van der Waals surface area contributed by atoms with Gasteiger partial charge in [-0.05, 0) is 74.7 Å². The fraction of sp³-hybridized carbons (Fsp3) is 0.333. The number of halogens is 1. The SMILES string of the molecule is CCCCNC(=O)[C@@H](C)N(Cc1ccc(Br)cc1)C(=O)CN(c1cccc(C)c1)S(=O)(=O)c1ccc(C)cc1. The van der Waals surface area contributed by atoms with Gasteiger partial charge in [0.2, 0.25) is 11.8 Å². The molecule has 0 aromatic heterocycles. The number of unbranched alkanes of at least 4 members (excludes halogenated alkanes) is 1. The van der Waals surface area contributed by atoms with Crippen LogP contribution in [0, 0.1) is 13.8 Å². The third-order valence-corrected chi connectivity index (χ3v) is 8.76. The number of anilines is 1. The van der Waals surface area contributed by atoms with Crippen molar-refractivity contribution in [3.05, 3.63) is 94.0 Å². The zero-order chi connectivity index (χ0) is 28.6. The van der Waals surface area contributed by atoms with Crippen LogP contribution in [-0.4, -0.2) is 44.3 Å². The summed E-state index contributed by atoms with van der Waals surface area (Å²) in [7, 11) is -4.08. The van der Waals surface area contributed by atoms with E-state index in [1.165, 1.54) is 4.90 Å². The van der Waals surface area contributed by atoms with Crippen LogP contribution < -0.4 is 9.62 Å². The van der Waals surface area contributed by atoms with Gasteiger partial charge >= 0.3 is 0 Å². The standard InChI is InChI=1S/C30H36BrN3O4S/c1-5-6-18-32-30(36)24(4)33(20-25-12-14-26(31)15-13-25)29(35)21-34(27-9-7-8-23(3)19-27)39(37,38)28-16-10-22(2)11-17-28/h7-17,19,24H,5-6,18,20-21H2,1-4H3,(H,32,36)/t24-/m1/s1. The van der Waals surface area contributed by atoms with Crippen LogP contribution >= 0.6 is 15.9 Å². The average molecular weight is 615 g/mol.